The van der Waals surface area contributed by atoms with Crippen LogP contribution in [0.2, 0.25) is 0 Å². The Morgan fingerprint density at radius 2 is 1.79 bits per heavy atom. The standard InChI is InChI=1S/C20H17F2N5O/c21-14-1-4-17(5-2-14)26-9-10-27(18-6-3-15(22)11-19(18)26)20(28)25-13-16-12-23-7-8-24-16/h1-8,11-12H,9-10,13H2,(H,25,28). The summed E-state index contributed by atoms with van der Waals surface area (Å²) < 4.78 is 27.2. The third-order valence-electron chi connectivity index (χ3n) is 4.49. The van der Waals surface area contributed by atoms with Crippen LogP contribution in [0.5, 0.6) is 0 Å². The van der Waals surface area contributed by atoms with Gasteiger partial charge in [-0.25, -0.2) is 13.6 Å². The molecule has 0 radical (unpaired) electrons. The molecule has 1 aliphatic rings. The number of hydrogen-bond acceptors (Lipinski definition) is 4. The number of hydrogen-bond donors (Lipinski definition) is 1. The smallest absolute Gasteiger partial charge is 0.322 e. The molecule has 2 amide bonds. The lowest BCUT2D eigenvalue weighted by Gasteiger charge is -2.37. The van der Waals surface area contributed by atoms with Crippen molar-refractivity contribution in [2.45, 2.75) is 6.54 Å². The van der Waals surface area contributed by atoms with Crippen LogP contribution in [-0.2, 0) is 6.54 Å². The molecule has 0 unspecified atom stereocenters. The molecule has 6 nitrogen and oxygen atoms in total. The van der Waals surface area contributed by atoms with E-state index in [1.165, 1.54) is 24.3 Å². The molecule has 2 heterocycles. The number of carbonyl (C=O) groups excluding carboxylic acids is 1. The Morgan fingerprint density at radius 3 is 2.54 bits per heavy atom. The largest absolute Gasteiger partial charge is 0.338 e. The van der Waals surface area contributed by atoms with E-state index >= 15 is 0 Å². The van der Waals surface area contributed by atoms with Gasteiger partial charge in [-0.1, -0.05) is 0 Å². The van der Waals surface area contributed by atoms with Crippen LogP contribution in [0.3, 0.4) is 0 Å². The molecule has 0 aliphatic carbocycles. The van der Waals surface area contributed by atoms with Crippen LogP contribution < -0.4 is 15.1 Å². The highest BCUT2D eigenvalue weighted by molar-refractivity contribution is 5.97. The molecule has 0 saturated carbocycles. The van der Waals surface area contributed by atoms with Crippen LogP contribution in [0.25, 0.3) is 0 Å². The van der Waals surface area contributed by atoms with Crippen molar-refractivity contribution < 1.29 is 13.6 Å². The zero-order valence-electron chi connectivity index (χ0n) is 14.8. The Hall–Kier alpha value is -3.55. The van der Waals surface area contributed by atoms with Gasteiger partial charge in [0.2, 0.25) is 0 Å². The van der Waals surface area contributed by atoms with Gasteiger partial charge in [-0.3, -0.25) is 14.9 Å². The molecule has 0 spiro atoms. The molecule has 142 valence electrons. The lowest BCUT2D eigenvalue weighted by atomic mass is 10.1. The molecule has 8 heteroatoms. The molecule has 4 rings (SSSR count). The van der Waals surface area contributed by atoms with Crippen LogP contribution in [0.1, 0.15) is 5.69 Å². The summed E-state index contributed by atoms with van der Waals surface area (Å²) in [6.45, 7) is 1.07. The number of carbonyl (C=O) groups is 1. The molecule has 0 saturated heterocycles. The molecule has 1 N–H and O–H groups in total. The zero-order chi connectivity index (χ0) is 19.5. The number of amides is 2. The summed E-state index contributed by atoms with van der Waals surface area (Å²) in [7, 11) is 0. The SMILES string of the molecule is O=C(NCc1cnccn1)N1CCN(c2ccc(F)cc2)c2cc(F)ccc21. The van der Waals surface area contributed by atoms with Crippen LogP contribution >= 0.6 is 0 Å². The molecule has 28 heavy (non-hydrogen) atoms. The third-order valence-corrected chi connectivity index (χ3v) is 4.49. The Balaban J connectivity index is 1.59. The highest BCUT2D eigenvalue weighted by atomic mass is 19.1. The summed E-state index contributed by atoms with van der Waals surface area (Å²) in [6.07, 6.45) is 4.70. The van der Waals surface area contributed by atoms with Gasteiger partial charge in [0.1, 0.15) is 11.6 Å². The second-order valence-electron chi connectivity index (χ2n) is 6.27. The van der Waals surface area contributed by atoms with E-state index in [4.69, 9.17) is 0 Å². The van der Waals surface area contributed by atoms with Crippen molar-refractivity contribution >= 4 is 23.1 Å². The fourth-order valence-corrected chi connectivity index (χ4v) is 3.16. The molecule has 2 aromatic carbocycles. The van der Waals surface area contributed by atoms with Gasteiger partial charge in [0.05, 0.1) is 29.8 Å². The average Bonchev–Trinajstić information content (AvgIpc) is 2.72. The molecular weight excluding hydrogens is 364 g/mol. The summed E-state index contributed by atoms with van der Waals surface area (Å²) in [5.74, 6) is -0.752. The Labute approximate surface area is 160 Å². The Bertz CT molecular complexity index is 982. The minimum atomic E-state index is -0.410. The fourth-order valence-electron chi connectivity index (χ4n) is 3.16. The van der Waals surface area contributed by atoms with Crippen LogP contribution in [-0.4, -0.2) is 29.1 Å². The van der Waals surface area contributed by atoms with E-state index in [0.29, 0.717) is 30.2 Å². The topological polar surface area (TPSA) is 61.4 Å². The predicted molar refractivity (Wildman–Crippen MR) is 101 cm³/mol. The highest BCUT2D eigenvalue weighted by Crippen LogP contribution is 2.38. The minimum Gasteiger partial charge on any atom is -0.338 e. The first-order valence-corrected chi connectivity index (χ1v) is 8.75. The lowest BCUT2D eigenvalue weighted by Crippen LogP contribution is -2.47. The van der Waals surface area contributed by atoms with Crippen molar-refractivity contribution in [2.75, 3.05) is 22.9 Å². The van der Waals surface area contributed by atoms with Crippen molar-refractivity contribution in [3.63, 3.8) is 0 Å². The van der Waals surface area contributed by atoms with E-state index in [-0.39, 0.29) is 18.4 Å². The number of benzene rings is 2. The number of nitrogens with one attached hydrogen (secondary N) is 1. The first-order chi connectivity index (χ1) is 13.6. The van der Waals surface area contributed by atoms with Gasteiger partial charge in [0.15, 0.2) is 0 Å². The van der Waals surface area contributed by atoms with Gasteiger partial charge in [0, 0.05) is 31.2 Å². The van der Waals surface area contributed by atoms with Crippen LogP contribution in [0.15, 0.2) is 61.1 Å². The minimum absolute atomic E-state index is 0.237. The van der Waals surface area contributed by atoms with Gasteiger partial charge >= 0.3 is 6.03 Å². The van der Waals surface area contributed by atoms with Crippen molar-refractivity contribution in [3.05, 3.63) is 78.4 Å². The summed E-state index contributed by atoms with van der Waals surface area (Å²) >= 11 is 0. The van der Waals surface area contributed by atoms with Crippen molar-refractivity contribution in [1.29, 1.82) is 0 Å². The van der Waals surface area contributed by atoms with Crippen molar-refractivity contribution in [3.8, 4) is 0 Å². The number of aromatic nitrogens is 2. The first kappa shape index (κ1) is 17.8. The van der Waals surface area contributed by atoms with Gasteiger partial charge in [0.25, 0.3) is 0 Å². The predicted octanol–water partition coefficient (Wildman–Crippen LogP) is 3.62. The molecular formula is C20H17F2N5O. The van der Waals surface area contributed by atoms with Gasteiger partial charge in [-0.2, -0.15) is 0 Å². The van der Waals surface area contributed by atoms with E-state index in [1.54, 1.807) is 41.7 Å². The van der Waals surface area contributed by atoms with Crippen molar-refractivity contribution in [1.82, 2.24) is 15.3 Å². The van der Waals surface area contributed by atoms with E-state index in [2.05, 4.69) is 15.3 Å². The average molecular weight is 381 g/mol. The molecule has 0 bridgehead atoms. The zero-order valence-corrected chi connectivity index (χ0v) is 14.8. The third kappa shape index (κ3) is 3.62. The van der Waals surface area contributed by atoms with Crippen molar-refractivity contribution in [2.24, 2.45) is 0 Å². The van der Waals surface area contributed by atoms with Gasteiger partial charge in [-0.05, 0) is 42.5 Å². The first-order valence-electron chi connectivity index (χ1n) is 8.75. The quantitative estimate of drug-likeness (QED) is 0.753. The van der Waals surface area contributed by atoms with E-state index in [0.717, 1.165) is 5.69 Å². The molecule has 1 aliphatic heterocycles. The van der Waals surface area contributed by atoms with Gasteiger partial charge in [-0.15, -0.1) is 0 Å². The number of anilines is 3. The number of halogens is 2. The maximum Gasteiger partial charge on any atom is 0.322 e. The van der Waals surface area contributed by atoms with E-state index in [1.807, 2.05) is 4.90 Å². The maximum atomic E-state index is 13.9. The normalized spacial score (nSPS) is 13.2. The summed E-state index contributed by atoms with van der Waals surface area (Å²) in [4.78, 5) is 24.2. The number of fused-ring (bicyclic) bond motifs is 1. The summed E-state index contributed by atoms with van der Waals surface area (Å²) in [5, 5.41) is 2.81. The summed E-state index contributed by atoms with van der Waals surface area (Å²) in [6, 6.07) is 9.93. The number of nitrogens with zero attached hydrogens (tertiary/aromatic N) is 4. The van der Waals surface area contributed by atoms with Crippen LogP contribution in [0.4, 0.5) is 30.6 Å². The molecule has 1 aromatic heterocycles. The lowest BCUT2D eigenvalue weighted by molar-refractivity contribution is 0.245. The highest BCUT2D eigenvalue weighted by Gasteiger charge is 2.28. The maximum absolute atomic E-state index is 13.9. The molecule has 3 aromatic rings. The second kappa shape index (κ2) is 7.59. The Kier molecular flexibility index (Phi) is 4.84. The second-order valence-corrected chi connectivity index (χ2v) is 6.27. The molecule has 0 atom stereocenters. The monoisotopic (exact) mass is 381 g/mol. The fraction of sp³-hybridized carbons (Fsp3) is 0.150. The van der Waals surface area contributed by atoms with E-state index < -0.39 is 5.82 Å². The van der Waals surface area contributed by atoms with Gasteiger partial charge < -0.3 is 10.2 Å². The van der Waals surface area contributed by atoms with E-state index in [9.17, 15) is 13.6 Å². The molecule has 0 fully saturated rings. The summed E-state index contributed by atoms with van der Waals surface area (Å²) in [5.41, 5.74) is 2.49. The number of rotatable bonds is 3. The number of urea groups is 1. The van der Waals surface area contributed by atoms with Crippen LogP contribution in [0, 0.1) is 11.6 Å². The Morgan fingerprint density at radius 1 is 1.00 bits per heavy atom.